The smallest absolute Gasteiger partial charge is 0.248 e. The number of hydrogen-bond acceptors (Lipinski definition) is 16. The molecule has 9 rings (SSSR count). The van der Waals surface area contributed by atoms with Gasteiger partial charge in [-0.1, -0.05) is 11.6 Å². The fraction of sp³-hybridized carbons (Fsp3) is 0.638. The molecule has 2 unspecified atom stereocenters. The van der Waals surface area contributed by atoms with E-state index >= 15 is 0 Å². The Morgan fingerprint density at radius 2 is 1.38 bits per heavy atom. The average Bonchev–Trinajstić information content (AvgIpc) is 3.86. The third-order valence-corrected chi connectivity index (χ3v) is 14.3. The first-order valence-corrected chi connectivity index (χ1v) is 24.6. The molecule has 68 heavy (non-hydrogen) atoms. The molecular weight excluding hydrogens is 886 g/mol. The highest BCUT2D eigenvalue weighted by Gasteiger charge is 2.43. The summed E-state index contributed by atoms with van der Waals surface area (Å²) in [6.45, 7) is 15.0. The quantitative estimate of drug-likeness (QED) is 0.0776. The fourth-order valence-electron chi connectivity index (χ4n) is 9.95. The predicted molar refractivity (Wildman–Crippen MR) is 261 cm³/mol. The molecule has 2 atom stereocenters. The molecule has 0 aliphatic carbocycles. The number of aromatic nitrogens is 8. The van der Waals surface area contributed by atoms with Gasteiger partial charge >= 0.3 is 0 Å². The van der Waals surface area contributed by atoms with Gasteiger partial charge in [0.15, 0.2) is 0 Å². The van der Waals surface area contributed by atoms with Crippen LogP contribution in [-0.2, 0) is 14.3 Å². The monoisotopic (exact) mass is 954 g/mol. The Kier molecular flexibility index (Phi) is 15.6. The van der Waals surface area contributed by atoms with Gasteiger partial charge in [-0.3, -0.25) is 19.0 Å². The summed E-state index contributed by atoms with van der Waals surface area (Å²) >= 11 is 6.32. The number of anilines is 6. The summed E-state index contributed by atoms with van der Waals surface area (Å²) in [4.78, 5) is 50.5. The number of halogens is 1. The van der Waals surface area contributed by atoms with Gasteiger partial charge in [-0.15, -0.1) is 0 Å². The highest BCUT2D eigenvalue weighted by atomic mass is 35.5. The highest BCUT2D eigenvalue weighted by Crippen LogP contribution is 2.40. The minimum atomic E-state index is -0.206. The van der Waals surface area contributed by atoms with Crippen LogP contribution < -0.4 is 21.3 Å². The lowest BCUT2D eigenvalue weighted by Gasteiger charge is -2.44. The van der Waals surface area contributed by atoms with Crippen LogP contribution in [0.4, 0.5) is 34.9 Å². The maximum Gasteiger partial charge on any atom is 0.248 e. The molecule has 4 aromatic rings. The first-order valence-electron chi connectivity index (χ1n) is 24.2. The van der Waals surface area contributed by atoms with E-state index in [1.807, 2.05) is 48.4 Å². The average molecular weight is 955 g/mol. The lowest BCUT2D eigenvalue weighted by molar-refractivity contribution is -0.156. The molecule has 5 saturated heterocycles. The van der Waals surface area contributed by atoms with E-state index in [-0.39, 0.29) is 23.8 Å². The number of fused-ring (bicyclic) bond motifs is 2. The number of amides is 2. The van der Waals surface area contributed by atoms with Crippen molar-refractivity contribution >= 4 is 58.3 Å². The van der Waals surface area contributed by atoms with Gasteiger partial charge in [0.2, 0.25) is 23.7 Å². The standard InChI is InChI=1S/C24H35ClN8O.C23H33N9O2/c1-15-20(13-33(30-15)18-10-16-6-7-17(11-18)31(16)4)28-23-27-12-19(25)21(29-23)26-8-5-9-32-14-24(2,3)22(32)34;1-17-20(15-32(29-17)19-5-10-30(2)11-6-19)27-23-26-14-18(13-24)22(28-23)25-7-3-8-31-9-4-12-34-16-21(31)33/h12-13,16-18H,5-11,14H2,1-4H3,(H2,26,27,28,29);14-15,19H,3-12,16H2,1-2H3,(H2,25,26,27,28). The van der Waals surface area contributed by atoms with E-state index in [4.69, 9.17) is 26.5 Å². The van der Waals surface area contributed by atoms with Crippen molar-refractivity contribution in [2.75, 3.05) is 101 Å². The molecule has 5 aliphatic heterocycles. The first-order chi connectivity index (χ1) is 32.7. The Labute approximate surface area is 404 Å². The van der Waals surface area contributed by atoms with Crippen LogP contribution in [0.25, 0.3) is 0 Å². The molecule has 9 heterocycles. The Balaban J connectivity index is 0.000000184. The van der Waals surface area contributed by atoms with Crippen molar-refractivity contribution in [1.29, 1.82) is 5.26 Å². The molecule has 0 aromatic carbocycles. The van der Waals surface area contributed by atoms with E-state index in [0.717, 1.165) is 93.9 Å². The lowest BCUT2D eigenvalue weighted by atomic mass is 9.83. The van der Waals surface area contributed by atoms with Crippen LogP contribution in [0.3, 0.4) is 0 Å². The van der Waals surface area contributed by atoms with Crippen molar-refractivity contribution in [1.82, 2.24) is 59.1 Å². The normalized spacial score (nSPS) is 21.9. The van der Waals surface area contributed by atoms with Crippen molar-refractivity contribution in [3.05, 3.63) is 46.8 Å². The number of hydrogen-bond donors (Lipinski definition) is 4. The lowest BCUT2D eigenvalue weighted by Crippen LogP contribution is -2.58. The third kappa shape index (κ3) is 11.8. The van der Waals surface area contributed by atoms with Crippen molar-refractivity contribution in [3.8, 4) is 6.07 Å². The molecule has 0 spiro atoms. The number of nitrogens with one attached hydrogen (secondary N) is 4. The molecule has 2 amide bonds. The van der Waals surface area contributed by atoms with Crippen LogP contribution in [0, 0.1) is 30.6 Å². The Hall–Kier alpha value is -5.62. The van der Waals surface area contributed by atoms with Gasteiger partial charge in [0.1, 0.15) is 34.9 Å². The number of β-lactam (4-membered cyclic amide) rings is 1. The summed E-state index contributed by atoms with van der Waals surface area (Å²) in [6, 6.07) is 4.31. The number of ether oxygens (including phenoxy) is 1. The van der Waals surface area contributed by atoms with Crippen LogP contribution >= 0.6 is 11.6 Å². The van der Waals surface area contributed by atoms with Crippen molar-refractivity contribution in [2.45, 2.75) is 110 Å². The number of aryl methyl sites for hydroxylation is 2. The SMILES string of the molecule is Cc1nn(C2CC3CCC(C2)N3C)cc1Nc1ncc(Cl)c(NCCCN2CC(C)(C)C2=O)n1.Cc1nn(C2CCN(C)CC2)cc1Nc1ncc(C#N)c(NCCCN2CCCOCC2=O)n1. The number of carbonyl (C=O) groups excluding carboxylic acids is 2. The van der Waals surface area contributed by atoms with Crippen LogP contribution in [0.5, 0.6) is 0 Å². The zero-order chi connectivity index (χ0) is 48.0. The minimum absolute atomic E-state index is 0.0277. The molecule has 0 radical (unpaired) electrons. The van der Waals surface area contributed by atoms with E-state index < -0.39 is 0 Å². The van der Waals surface area contributed by atoms with Gasteiger partial charge in [0, 0.05) is 70.4 Å². The maximum absolute atomic E-state index is 12.0. The Morgan fingerprint density at radius 3 is 2.00 bits per heavy atom. The minimum Gasteiger partial charge on any atom is -0.372 e. The number of nitrogens with zero attached hydrogens (tertiary/aromatic N) is 13. The fourth-order valence-corrected chi connectivity index (χ4v) is 10.1. The topological polar surface area (TPSA) is 215 Å². The number of nitriles is 1. The summed E-state index contributed by atoms with van der Waals surface area (Å²) in [7, 11) is 4.41. The molecule has 4 aromatic heterocycles. The first kappa shape index (κ1) is 48.8. The van der Waals surface area contributed by atoms with Crippen LogP contribution in [0.15, 0.2) is 24.8 Å². The van der Waals surface area contributed by atoms with Crippen LogP contribution in [0.1, 0.15) is 101 Å². The number of likely N-dealkylation sites (tertiary alicyclic amines) is 2. The van der Waals surface area contributed by atoms with Crippen LogP contribution in [-0.4, -0.2) is 163 Å². The number of carbonyl (C=O) groups is 2. The van der Waals surface area contributed by atoms with E-state index in [1.165, 1.54) is 19.0 Å². The molecule has 5 fully saturated rings. The second-order valence-electron chi connectivity index (χ2n) is 19.6. The van der Waals surface area contributed by atoms with E-state index in [2.05, 4.69) is 82.0 Å². The summed E-state index contributed by atoms with van der Waals surface area (Å²) in [5.41, 5.74) is 3.76. The predicted octanol–water partition coefficient (Wildman–Crippen LogP) is 5.76. The van der Waals surface area contributed by atoms with E-state index in [0.29, 0.717) is 91.1 Å². The summed E-state index contributed by atoms with van der Waals surface area (Å²) < 4.78 is 9.45. The van der Waals surface area contributed by atoms with Gasteiger partial charge in [0.05, 0.1) is 52.7 Å². The van der Waals surface area contributed by atoms with Gasteiger partial charge < -0.3 is 45.6 Å². The van der Waals surface area contributed by atoms with Gasteiger partial charge in [-0.05, 0) is 113 Å². The van der Waals surface area contributed by atoms with Crippen LogP contribution in [0.2, 0.25) is 5.02 Å². The van der Waals surface area contributed by atoms with E-state index in [1.54, 1.807) is 6.20 Å². The Morgan fingerprint density at radius 1 is 0.794 bits per heavy atom. The third-order valence-electron chi connectivity index (χ3n) is 14.0. The molecule has 20 nitrogen and oxygen atoms in total. The van der Waals surface area contributed by atoms with Crippen molar-refractivity contribution < 1.29 is 14.3 Å². The summed E-state index contributed by atoms with van der Waals surface area (Å²) in [5.74, 6) is 2.21. The number of piperidine rings is 2. The zero-order valence-electron chi connectivity index (χ0n) is 40.5. The van der Waals surface area contributed by atoms with Gasteiger partial charge in [-0.2, -0.15) is 25.4 Å². The number of rotatable bonds is 16. The molecule has 366 valence electrons. The highest BCUT2D eigenvalue weighted by molar-refractivity contribution is 6.32. The second-order valence-corrected chi connectivity index (χ2v) is 20.0. The van der Waals surface area contributed by atoms with E-state index in [9.17, 15) is 14.9 Å². The molecule has 2 bridgehead atoms. The van der Waals surface area contributed by atoms with Gasteiger partial charge in [0.25, 0.3) is 0 Å². The molecule has 0 saturated carbocycles. The van der Waals surface area contributed by atoms with Crippen molar-refractivity contribution in [2.24, 2.45) is 5.41 Å². The van der Waals surface area contributed by atoms with Crippen molar-refractivity contribution in [3.63, 3.8) is 0 Å². The zero-order valence-corrected chi connectivity index (χ0v) is 41.2. The molecule has 5 aliphatic rings. The van der Waals surface area contributed by atoms with Gasteiger partial charge in [-0.25, -0.2) is 9.97 Å². The summed E-state index contributed by atoms with van der Waals surface area (Å²) in [5, 5.41) is 32.5. The second kappa shape index (κ2) is 21.8. The Bertz CT molecular complexity index is 2410. The largest absolute Gasteiger partial charge is 0.372 e. The molecule has 21 heteroatoms. The summed E-state index contributed by atoms with van der Waals surface area (Å²) in [6.07, 6.45) is 16.7. The molecular formula is C47H68ClN17O3. The molecule has 4 N–H and O–H groups in total. The maximum atomic E-state index is 12.0.